The normalized spacial score (nSPS) is 36.7. The molecule has 4 rings (SSSR count). The summed E-state index contributed by atoms with van der Waals surface area (Å²) in [7, 11) is 0. The zero-order valence-electron chi connectivity index (χ0n) is 12.4. The number of aliphatic hydroxyl groups is 1. The van der Waals surface area contributed by atoms with Crippen molar-refractivity contribution in [3.63, 3.8) is 0 Å². The van der Waals surface area contributed by atoms with Crippen LogP contribution in [0.1, 0.15) is 23.6 Å². The number of aliphatic hydroxyl groups excluding tert-OH is 1. The van der Waals surface area contributed by atoms with Crippen LogP contribution in [0, 0.1) is 11.8 Å². The van der Waals surface area contributed by atoms with Crippen LogP contribution in [0.4, 0.5) is 0 Å². The molecule has 22 heavy (non-hydrogen) atoms. The molecule has 1 aromatic carbocycles. The van der Waals surface area contributed by atoms with E-state index in [-0.39, 0.29) is 17.9 Å². The highest BCUT2D eigenvalue weighted by Crippen LogP contribution is 2.35. The van der Waals surface area contributed by atoms with Crippen molar-refractivity contribution >= 4 is 5.91 Å². The van der Waals surface area contributed by atoms with Crippen molar-refractivity contribution in [2.45, 2.75) is 31.1 Å². The number of benzene rings is 1. The molecule has 0 spiro atoms. The Morgan fingerprint density at radius 3 is 3.05 bits per heavy atom. The maximum atomic E-state index is 12.6. The average molecular weight is 303 g/mol. The van der Waals surface area contributed by atoms with Crippen LogP contribution in [0.3, 0.4) is 0 Å². The molecule has 0 saturated carbocycles. The van der Waals surface area contributed by atoms with E-state index >= 15 is 0 Å². The highest BCUT2D eigenvalue weighted by Gasteiger charge is 2.44. The molecule has 5 heteroatoms. The molecule has 1 aliphatic carbocycles. The van der Waals surface area contributed by atoms with E-state index in [2.05, 4.69) is 5.32 Å². The summed E-state index contributed by atoms with van der Waals surface area (Å²) < 4.78 is 11.2. The molecule has 118 valence electrons. The smallest absolute Gasteiger partial charge is 0.250 e. The van der Waals surface area contributed by atoms with Crippen molar-refractivity contribution in [1.29, 1.82) is 0 Å². The van der Waals surface area contributed by atoms with Crippen LogP contribution >= 0.6 is 0 Å². The van der Waals surface area contributed by atoms with Crippen LogP contribution < -0.4 is 5.32 Å². The molecule has 0 radical (unpaired) electrons. The number of rotatable bonds is 2. The van der Waals surface area contributed by atoms with E-state index < -0.39 is 12.2 Å². The Labute approximate surface area is 129 Å². The first-order valence-corrected chi connectivity index (χ1v) is 7.99. The fourth-order valence-electron chi connectivity index (χ4n) is 3.99. The third kappa shape index (κ3) is 2.33. The molecule has 3 unspecified atom stereocenters. The fraction of sp³-hybridized carbons (Fsp3) is 0.588. The van der Waals surface area contributed by atoms with Crippen molar-refractivity contribution in [2.24, 2.45) is 11.8 Å². The van der Waals surface area contributed by atoms with Gasteiger partial charge in [0.1, 0.15) is 6.10 Å². The topological polar surface area (TPSA) is 67.8 Å². The third-order valence-electron chi connectivity index (χ3n) is 5.17. The van der Waals surface area contributed by atoms with E-state index in [1.54, 1.807) is 0 Å². The molecule has 2 saturated heterocycles. The molecule has 2 N–H and O–H groups in total. The summed E-state index contributed by atoms with van der Waals surface area (Å²) in [5, 5.41) is 13.3. The summed E-state index contributed by atoms with van der Waals surface area (Å²) in [6.07, 6.45) is 0.487. The van der Waals surface area contributed by atoms with Crippen LogP contribution in [-0.2, 0) is 20.7 Å². The van der Waals surface area contributed by atoms with E-state index in [9.17, 15) is 9.90 Å². The van der Waals surface area contributed by atoms with E-state index in [1.165, 1.54) is 0 Å². The van der Waals surface area contributed by atoms with E-state index in [1.807, 2.05) is 24.3 Å². The van der Waals surface area contributed by atoms with Gasteiger partial charge in [-0.05, 0) is 17.5 Å². The Bertz CT molecular complexity index is 576. The highest BCUT2D eigenvalue weighted by molar-refractivity contribution is 5.82. The van der Waals surface area contributed by atoms with Crippen LogP contribution in [0.5, 0.6) is 0 Å². The lowest BCUT2D eigenvalue weighted by molar-refractivity contribution is -0.133. The minimum atomic E-state index is -0.562. The Balaban J connectivity index is 1.48. The zero-order chi connectivity index (χ0) is 15.1. The van der Waals surface area contributed by atoms with Gasteiger partial charge in [0.05, 0.1) is 25.4 Å². The van der Waals surface area contributed by atoms with Gasteiger partial charge < -0.3 is 19.9 Å². The predicted molar refractivity (Wildman–Crippen MR) is 79.2 cm³/mol. The van der Waals surface area contributed by atoms with Gasteiger partial charge in [0.2, 0.25) is 5.91 Å². The standard InChI is InChI=1S/C17H21NO4/c19-14-7-10-3-1-2-4-12(10)15(14)18-17(20)16-13-5-6-21-8-11(13)9-22-16/h1-4,11,13-16,19H,5-9H2,(H,18,20)/t11?,13?,14-,15+,16?/m1/s1. The van der Waals surface area contributed by atoms with E-state index in [4.69, 9.17) is 9.47 Å². The first kappa shape index (κ1) is 14.2. The first-order valence-electron chi connectivity index (χ1n) is 7.99. The molecule has 2 heterocycles. The van der Waals surface area contributed by atoms with Crippen LogP contribution in [0.25, 0.3) is 0 Å². The largest absolute Gasteiger partial charge is 0.390 e. The van der Waals surface area contributed by atoms with Crippen LogP contribution in [-0.4, -0.2) is 43.0 Å². The highest BCUT2D eigenvalue weighted by atomic mass is 16.5. The molecule has 1 aromatic rings. The van der Waals surface area contributed by atoms with E-state index in [0.29, 0.717) is 32.2 Å². The second-order valence-electron chi connectivity index (χ2n) is 6.50. The molecular weight excluding hydrogens is 282 g/mol. The van der Waals surface area contributed by atoms with Crippen molar-refractivity contribution in [3.8, 4) is 0 Å². The number of carbonyl (C=O) groups is 1. The fourth-order valence-corrected chi connectivity index (χ4v) is 3.99. The van der Waals surface area contributed by atoms with Crippen molar-refractivity contribution in [3.05, 3.63) is 35.4 Å². The molecule has 2 aliphatic heterocycles. The van der Waals surface area contributed by atoms with Gasteiger partial charge in [-0.1, -0.05) is 24.3 Å². The van der Waals surface area contributed by atoms with Crippen molar-refractivity contribution < 1.29 is 19.4 Å². The van der Waals surface area contributed by atoms with Gasteiger partial charge in [-0.15, -0.1) is 0 Å². The lowest BCUT2D eigenvalue weighted by Gasteiger charge is -2.28. The van der Waals surface area contributed by atoms with Crippen molar-refractivity contribution in [2.75, 3.05) is 19.8 Å². The van der Waals surface area contributed by atoms with Gasteiger partial charge in [-0.3, -0.25) is 4.79 Å². The van der Waals surface area contributed by atoms with Gasteiger partial charge in [0, 0.05) is 24.9 Å². The number of hydrogen-bond acceptors (Lipinski definition) is 4. The van der Waals surface area contributed by atoms with Gasteiger partial charge in [0.15, 0.2) is 0 Å². The summed E-state index contributed by atoms with van der Waals surface area (Å²) in [6.45, 7) is 1.97. The summed E-state index contributed by atoms with van der Waals surface area (Å²) in [5.74, 6) is 0.461. The number of nitrogens with one attached hydrogen (secondary N) is 1. The third-order valence-corrected chi connectivity index (χ3v) is 5.17. The van der Waals surface area contributed by atoms with E-state index in [0.717, 1.165) is 17.5 Å². The molecule has 3 aliphatic rings. The minimum absolute atomic E-state index is 0.102. The molecular formula is C17H21NO4. The summed E-state index contributed by atoms with van der Waals surface area (Å²) in [6, 6.07) is 7.55. The number of ether oxygens (including phenoxy) is 2. The van der Waals surface area contributed by atoms with Gasteiger partial charge in [-0.2, -0.15) is 0 Å². The second-order valence-corrected chi connectivity index (χ2v) is 6.50. The average Bonchev–Trinajstić information content (AvgIpc) is 3.09. The monoisotopic (exact) mass is 303 g/mol. The maximum absolute atomic E-state index is 12.6. The quantitative estimate of drug-likeness (QED) is 0.848. The molecule has 5 atom stereocenters. The molecule has 5 nitrogen and oxygen atoms in total. The summed E-state index contributed by atoms with van der Waals surface area (Å²) >= 11 is 0. The number of carbonyl (C=O) groups excluding carboxylic acids is 1. The first-order chi connectivity index (χ1) is 10.7. The SMILES string of the molecule is O=C(N[C@H]1c2ccccc2C[C@H]1O)C1OCC2COCCC21. The number of hydrogen-bond donors (Lipinski definition) is 2. The van der Waals surface area contributed by atoms with Gasteiger partial charge in [-0.25, -0.2) is 0 Å². The Morgan fingerprint density at radius 1 is 1.27 bits per heavy atom. The Hall–Kier alpha value is -1.43. The lowest BCUT2D eigenvalue weighted by atomic mass is 9.86. The Kier molecular flexibility index (Phi) is 3.64. The number of amides is 1. The Morgan fingerprint density at radius 2 is 2.14 bits per heavy atom. The van der Waals surface area contributed by atoms with Crippen LogP contribution in [0.2, 0.25) is 0 Å². The predicted octanol–water partition coefficient (Wildman–Crippen LogP) is 0.812. The minimum Gasteiger partial charge on any atom is -0.390 e. The maximum Gasteiger partial charge on any atom is 0.250 e. The molecule has 0 bridgehead atoms. The molecule has 1 amide bonds. The molecule has 2 fully saturated rings. The second kappa shape index (κ2) is 5.65. The van der Waals surface area contributed by atoms with Gasteiger partial charge >= 0.3 is 0 Å². The van der Waals surface area contributed by atoms with Crippen molar-refractivity contribution in [1.82, 2.24) is 5.32 Å². The summed E-state index contributed by atoms with van der Waals surface area (Å²) in [4.78, 5) is 12.6. The van der Waals surface area contributed by atoms with Gasteiger partial charge in [0.25, 0.3) is 0 Å². The zero-order valence-corrected chi connectivity index (χ0v) is 12.4. The number of fused-ring (bicyclic) bond motifs is 2. The molecule has 0 aromatic heterocycles. The summed E-state index contributed by atoms with van der Waals surface area (Å²) in [5.41, 5.74) is 2.13. The lowest BCUT2D eigenvalue weighted by Crippen LogP contribution is -2.44. The van der Waals surface area contributed by atoms with Crippen LogP contribution in [0.15, 0.2) is 24.3 Å².